The average molecular weight is 300 g/mol. The van der Waals surface area contributed by atoms with Gasteiger partial charge < -0.3 is 5.32 Å². The molecule has 1 aromatic carbocycles. The van der Waals surface area contributed by atoms with E-state index in [0.29, 0.717) is 5.92 Å². The average Bonchev–Trinajstić information content (AvgIpc) is 2.46. The summed E-state index contributed by atoms with van der Waals surface area (Å²) in [4.78, 5) is 11.3. The Morgan fingerprint density at radius 3 is 2.76 bits per heavy atom. The van der Waals surface area contributed by atoms with Gasteiger partial charge in [0.2, 0.25) is 5.91 Å². The first-order chi connectivity index (χ1) is 10.1. The summed E-state index contributed by atoms with van der Waals surface area (Å²) in [7, 11) is 0. The Kier molecular flexibility index (Phi) is 3.98. The van der Waals surface area contributed by atoms with Crippen molar-refractivity contribution in [3.8, 4) is 0 Å². The third kappa shape index (κ3) is 3.11. The molecule has 108 valence electrons. The smallest absolute Gasteiger partial charge is 0.221 e. The van der Waals surface area contributed by atoms with Gasteiger partial charge in [-0.25, -0.2) is 0 Å². The van der Waals surface area contributed by atoms with Crippen molar-refractivity contribution in [1.29, 1.82) is 0 Å². The Morgan fingerprint density at radius 2 is 2.05 bits per heavy atom. The first-order valence-corrected chi connectivity index (χ1v) is 7.64. The molecule has 1 amide bonds. The number of carbonyl (C=O) groups excluding carboxylic acids is 1. The first-order valence-electron chi connectivity index (χ1n) is 7.26. The van der Waals surface area contributed by atoms with E-state index >= 15 is 0 Å². The van der Waals surface area contributed by atoms with Crippen molar-refractivity contribution in [2.45, 2.75) is 25.7 Å². The number of hydrogen-bond donors (Lipinski definition) is 1. The van der Waals surface area contributed by atoms with Gasteiger partial charge >= 0.3 is 0 Å². The Hall–Kier alpha value is -1.80. The molecule has 0 saturated carbocycles. The van der Waals surface area contributed by atoms with E-state index in [1.807, 2.05) is 12.1 Å². The van der Waals surface area contributed by atoms with Gasteiger partial charge in [0.15, 0.2) is 0 Å². The van der Waals surface area contributed by atoms with Crippen molar-refractivity contribution in [3.05, 3.63) is 70.4 Å². The van der Waals surface area contributed by atoms with E-state index in [-0.39, 0.29) is 11.8 Å². The fraction of sp³-hybridized carbons (Fsp3) is 0.278. The fourth-order valence-electron chi connectivity index (χ4n) is 3.16. The summed E-state index contributed by atoms with van der Waals surface area (Å²) < 4.78 is 0. The van der Waals surface area contributed by atoms with Crippen LogP contribution in [-0.2, 0) is 4.79 Å². The predicted molar refractivity (Wildman–Crippen MR) is 86.0 cm³/mol. The summed E-state index contributed by atoms with van der Waals surface area (Å²) >= 11 is 5.99. The lowest BCUT2D eigenvalue weighted by Gasteiger charge is -2.32. The number of nitrogens with one attached hydrogen (secondary N) is 1. The van der Waals surface area contributed by atoms with Crippen LogP contribution in [0.2, 0.25) is 5.02 Å². The van der Waals surface area contributed by atoms with Crippen LogP contribution in [-0.4, -0.2) is 5.91 Å². The second kappa shape index (κ2) is 5.90. The van der Waals surface area contributed by atoms with E-state index in [4.69, 9.17) is 11.6 Å². The molecule has 0 bridgehead atoms. The minimum atomic E-state index is -0.0359. The lowest BCUT2D eigenvalue weighted by atomic mass is 9.73. The number of benzene rings is 1. The van der Waals surface area contributed by atoms with Gasteiger partial charge in [0.25, 0.3) is 0 Å². The van der Waals surface area contributed by atoms with E-state index in [0.717, 1.165) is 23.6 Å². The quantitative estimate of drug-likeness (QED) is 0.864. The van der Waals surface area contributed by atoms with E-state index in [2.05, 4.69) is 41.8 Å². The van der Waals surface area contributed by atoms with Crippen LogP contribution < -0.4 is 5.32 Å². The van der Waals surface area contributed by atoms with Gasteiger partial charge in [0, 0.05) is 23.6 Å². The van der Waals surface area contributed by atoms with Gasteiger partial charge in [-0.3, -0.25) is 4.79 Å². The van der Waals surface area contributed by atoms with Crippen LogP contribution in [0.1, 0.15) is 31.2 Å². The zero-order valence-corrected chi connectivity index (χ0v) is 12.7. The third-order valence-electron chi connectivity index (χ3n) is 4.07. The number of allylic oxidation sites excluding steroid dienone is 5. The van der Waals surface area contributed by atoms with E-state index < -0.39 is 0 Å². The zero-order chi connectivity index (χ0) is 14.8. The van der Waals surface area contributed by atoms with E-state index in [9.17, 15) is 4.79 Å². The zero-order valence-electron chi connectivity index (χ0n) is 12.0. The lowest BCUT2D eigenvalue weighted by Crippen LogP contribution is -2.25. The van der Waals surface area contributed by atoms with Gasteiger partial charge in [-0.1, -0.05) is 42.0 Å². The Labute approximate surface area is 130 Å². The van der Waals surface area contributed by atoms with Gasteiger partial charge in [-0.05, 0) is 48.1 Å². The molecule has 2 aliphatic carbocycles. The van der Waals surface area contributed by atoms with Crippen LogP contribution in [0.5, 0.6) is 0 Å². The standard InChI is InChI=1S/C18H18ClNO/c1-12(21)20-16-10-14-4-2-3-5-17(14)18(11-16)13-6-8-15(19)9-7-13/h2,4,6-11,17-18H,3,5H2,1H3,(H,20,21). The maximum atomic E-state index is 11.3. The molecule has 0 aromatic heterocycles. The van der Waals surface area contributed by atoms with Gasteiger partial charge in [0.05, 0.1) is 0 Å². The molecular weight excluding hydrogens is 282 g/mol. The topological polar surface area (TPSA) is 29.1 Å². The number of halogens is 1. The van der Waals surface area contributed by atoms with E-state index in [1.54, 1.807) is 6.92 Å². The molecule has 2 nitrogen and oxygen atoms in total. The fourth-order valence-corrected chi connectivity index (χ4v) is 3.29. The van der Waals surface area contributed by atoms with E-state index in [1.165, 1.54) is 11.1 Å². The maximum Gasteiger partial charge on any atom is 0.221 e. The molecule has 1 N–H and O–H groups in total. The SMILES string of the molecule is CC(=O)NC1=CC(c2ccc(Cl)cc2)C2CCC=CC2=C1. The number of carbonyl (C=O) groups is 1. The van der Waals surface area contributed by atoms with Gasteiger partial charge in [-0.2, -0.15) is 0 Å². The van der Waals surface area contributed by atoms with Crippen LogP contribution in [0, 0.1) is 5.92 Å². The minimum absolute atomic E-state index is 0.0359. The Balaban J connectivity index is 1.98. The van der Waals surface area contributed by atoms with Crippen molar-refractivity contribution < 1.29 is 4.79 Å². The third-order valence-corrected chi connectivity index (χ3v) is 4.32. The number of amides is 1. The molecule has 0 aliphatic heterocycles. The van der Waals surface area contributed by atoms with Gasteiger partial charge in [0.1, 0.15) is 0 Å². The summed E-state index contributed by atoms with van der Waals surface area (Å²) in [5.41, 5.74) is 3.43. The summed E-state index contributed by atoms with van der Waals surface area (Å²) in [6, 6.07) is 8.02. The highest BCUT2D eigenvalue weighted by Gasteiger charge is 2.28. The Morgan fingerprint density at radius 1 is 1.29 bits per heavy atom. The van der Waals surface area contributed by atoms with Crippen molar-refractivity contribution in [2.75, 3.05) is 0 Å². The predicted octanol–water partition coefficient (Wildman–Crippen LogP) is 4.35. The summed E-state index contributed by atoms with van der Waals surface area (Å²) in [5, 5.41) is 3.66. The molecule has 0 fully saturated rings. The lowest BCUT2D eigenvalue weighted by molar-refractivity contribution is -0.118. The number of fused-ring (bicyclic) bond motifs is 1. The molecule has 0 radical (unpaired) electrons. The van der Waals surface area contributed by atoms with Crippen molar-refractivity contribution >= 4 is 17.5 Å². The van der Waals surface area contributed by atoms with Crippen LogP contribution in [0.3, 0.4) is 0 Å². The molecule has 2 atom stereocenters. The molecule has 0 heterocycles. The highest BCUT2D eigenvalue weighted by molar-refractivity contribution is 6.30. The summed E-state index contributed by atoms with van der Waals surface area (Å²) in [6.07, 6.45) is 10.9. The molecule has 21 heavy (non-hydrogen) atoms. The monoisotopic (exact) mass is 299 g/mol. The molecule has 3 rings (SSSR count). The normalized spacial score (nSPS) is 23.9. The Bertz CT molecular complexity index is 640. The maximum absolute atomic E-state index is 11.3. The molecule has 0 saturated heterocycles. The summed E-state index contributed by atoms with van der Waals surface area (Å²) in [6.45, 7) is 1.54. The molecular formula is C18H18ClNO. The molecule has 3 heteroatoms. The highest BCUT2D eigenvalue weighted by Crippen LogP contribution is 2.41. The second-order valence-electron chi connectivity index (χ2n) is 5.61. The van der Waals surface area contributed by atoms with Crippen molar-refractivity contribution in [1.82, 2.24) is 5.32 Å². The van der Waals surface area contributed by atoms with Gasteiger partial charge in [-0.15, -0.1) is 0 Å². The first kappa shape index (κ1) is 14.2. The minimum Gasteiger partial charge on any atom is -0.327 e. The largest absolute Gasteiger partial charge is 0.327 e. The van der Waals surface area contributed by atoms with Crippen LogP contribution in [0.4, 0.5) is 0 Å². The molecule has 0 spiro atoms. The number of hydrogen-bond acceptors (Lipinski definition) is 1. The summed E-state index contributed by atoms with van der Waals surface area (Å²) in [5.74, 6) is 0.731. The number of rotatable bonds is 2. The molecule has 2 aliphatic rings. The van der Waals surface area contributed by atoms with Crippen molar-refractivity contribution in [2.24, 2.45) is 5.92 Å². The molecule has 1 aromatic rings. The second-order valence-corrected chi connectivity index (χ2v) is 6.05. The highest BCUT2D eigenvalue weighted by atomic mass is 35.5. The van der Waals surface area contributed by atoms with Crippen molar-refractivity contribution in [3.63, 3.8) is 0 Å². The van der Waals surface area contributed by atoms with Crippen LogP contribution in [0.15, 0.2) is 59.8 Å². The van der Waals surface area contributed by atoms with Crippen LogP contribution >= 0.6 is 11.6 Å². The molecule has 2 unspecified atom stereocenters. The van der Waals surface area contributed by atoms with Crippen LogP contribution in [0.25, 0.3) is 0 Å².